The van der Waals surface area contributed by atoms with E-state index in [0.717, 1.165) is 58.5 Å². The van der Waals surface area contributed by atoms with Crippen molar-refractivity contribution in [2.45, 2.75) is 37.0 Å². The Morgan fingerprint density at radius 2 is 1.71 bits per heavy atom. The molecule has 1 aliphatic carbocycles. The molecule has 0 radical (unpaired) electrons. The van der Waals surface area contributed by atoms with Crippen LogP contribution in [0.1, 0.15) is 53.3 Å². The highest BCUT2D eigenvalue weighted by atomic mass is 16.3. The fourth-order valence-electron chi connectivity index (χ4n) is 5.77. The second kappa shape index (κ2) is 8.15. The van der Waals surface area contributed by atoms with E-state index in [2.05, 4.69) is 36.2 Å². The predicted octanol–water partition coefficient (Wildman–Crippen LogP) is 3.11. The monoisotopic (exact) mass is 421 g/mol. The number of carbonyl (C=O) groups excluding carboxylic acids is 2. The number of furan rings is 1. The van der Waals surface area contributed by atoms with Crippen molar-refractivity contribution in [3.63, 3.8) is 0 Å². The maximum Gasteiger partial charge on any atom is 0.289 e. The lowest BCUT2D eigenvalue weighted by Crippen LogP contribution is -2.47. The molecule has 2 fully saturated rings. The van der Waals surface area contributed by atoms with Crippen molar-refractivity contribution in [3.8, 4) is 0 Å². The minimum atomic E-state index is -0.0204. The van der Waals surface area contributed by atoms with Crippen LogP contribution in [0.5, 0.6) is 0 Å². The fourth-order valence-corrected chi connectivity index (χ4v) is 5.77. The Morgan fingerprint density at radius 1 is 0.968 bits per heavy atom. The van der Waals surface area contributed by atoms with Gasteiger partial charge in [-0.15, -0.1) is 0 Å². The lowest BCUT2D eigenvalue weighted by atomic mass is 9.73. The summed E-state index contributed by atoms with van der Waals surface area (Å²) in [6, 6.07) is 12.2. The lowest BCUT2D eigenvalue weighted by molar-refractivity contribution is -0.133. The summed E-state index contributed by atoms with van der Waals surface area (Å²) in [4.78, 5) is 32.0. The third-order valence-electron chi connectivity index (χ3n) is 7.63. The van der Waals surface area contributed by atoms with E-state index in [9.17, 15) is 9.59 Å². The lowest BCUT2D eigenvalue weighted by Gasteiger charge is -2.40. The molecule has 31 heavy (non-hydrogen) atoms. The van der Waals surface area contributed by atoms with Crippen molar-refractivity contribution in [2.24, 2.45) is 0 Å². The summed E-state index contributed by atoms with van der Waals surface area (Å²) in [5.74, 6) is 0.956. The van der Waals surface area contributed by atoms with Gasteiger partial charge in [0.15, 0.2) is 5.76 Å². The molecule has 0 N–H and O–H groups in total. The van der Waals surface area contributed by atoms with Gasteiger partial charge in [-0.1, -0.05) is 24.3 Å². The first kappa shape index (κ1) is 20.3. The Morgan fingerprint density at radius 3 is 2.42 bits per heavy atom. The van der Waals surface area contributed by atoms with Crippen molar-refractivity contribution in [1.29, 1.82) is 0 Å². The van der Waals surface area contributed by atoms with Gasteiger partial charge in [-0.05, 0) is 60.9 Å². The van der Waals surface area contributed by atoms with E-state index in [-0.39, 0.29) is 23.1 Å². The van der Waals surface area contributed by atoms with Crippen LogP contribution in [0, 0.1) is 0 Å². The standard InChI is InChI=1S/C25H31N3O3/c1-26-12-14-27(15-13-26)23(29)17-19-18-25(21-6-3-2-5-20(19)21)8-10-28(11-9-25)24(30)22-7-4-16-31-22/h2-7,16,19H,8-15,17-18H2,1H3/t19-/m0/s1. The fraction of sp³-hybridized carbons (Fsp3) is 0.520. The molecular weight excluding hydrogens is 390 g/mol. The topological polar surface area (TPSA) is 57.0 Å². The van der Waals surface area contributed by atoms with Gasteiger partial charge in [-0.3, -0.25) is 9.59 Å². The molecule has 0 bridgehead atoms. The molecule has 5 rings (SSSR count). The van der Waals surface area contributed by atoms with Crippen molar-refractivity contribution in [3.05, 3.63) is 59.5 Å². The molecule has 0 unspecified atom stereocenters. The van der Waals surface area contributed by atoms with Gasteiger partial charge in [0.05, 0.1) is 6.26 Å². The molecule has 3 heterocycles. The molecule has 6 nitrogen and oxygen atoms in total. The number of rotatable bonds is 3. The van der Waals surface area contributed by atoms with E-state index < -0.39 is 0 Å². The van der Waals surface area contributed by atoms with Crippen LogP contribution in [0.25, 0.3) is 0 Å². The maximum absolute atomic E-state index is 13.1. The van der Waals surface area contributed by atoms with Gasteiger partial charge in [0.2, 0.25) is 5.91 Å². The summed E-state index contributed by atoms with van der Waals surface area (Å²) in [5, 5.41) is 0. The molecule has 0 saturated carbocycles. The smallest absolute Gasteiger partial charge is 0.289 e. The van der Waals surface area contributed by atoms with Gasteiger partial charge in [0, 0.05) is 45.7 Å². The van der Waals surface area contributed by atoms with Gasteiger partial charge < -0.3 is 19.1 Å². The van der Waals surface area contributed by atoms with Crippen LogP contribution in [-0.4, -0.2) is 72.8 Å². The molecule has 2 saturated heterocycles. The molecule has 1 spiro atoms. The number of amides is 2. The Labute approximate surface area is 183 Å². The Balaban J connectivity index is 1.29. The average molecular weight is 422 g/mol. The van der Waals surface area contributed by atoms with E-state index in [1.54, 1.807) is 18.4 Å². The number of hydrogen-bond acceptors (Lipinski definition) is 4. The van der Waals surface area contributed by atoms with Gasteiger partial charge in [0.1, 0.15) is 0 Å². The first-order valence-electron chi connectivity index (χ1n) is 11.4. The predicted molar refractivity (Wildman–Crippen MR) is 118 cm³/mol. The number of nitrogens with zero attached hydrogens (tertiary/aromatic N) is 3. The van der Waals surface area contributed by atoms with Crippen molar-refractivity contribution in [2.75, 3.05) is 46.3 Å². The number of carbonyl (C=O) groups is 2. The van der Waals surface area contributed by atoms with Crippen LogP contribution in [0.15, 0.2) is 47.1 Å². The van der Waals surface area contributed by atoms with E-state index in [1.807, 2.05) is 9.80 Å². The molecule has 2 aromatic rings. The van der Waals surface area contributed by atoms with E-state index in [0.29, 0.717) is 12.2 Å². The number of likely N-dealkylation sites (N-methyl/N-ethyl adjacent to an activating group) is 1. The van der Waals surface area contributed by atoms with Crippen LogP contribution in [0.3, 0.4) is 0 Å². The molecule has 164 valence electrons. The van der Waals surface area contributed by atoms with E-state index in [1.165, 1.54) is 11.1 Å². The summed E-state index contributed by atoms with van der Waals surface area (Å²) in [7, 11) is 2.11. The second-order valence-electron chi connectivity index (χ2n) is 9.43. The zero-order valence-electron chi connectivity index (χ0n) is 18.3. The minimum absolute atomic E-state index is 0.0204. The maximum atomic E-state index is 13.1. The first-order chi connectivity index (χ1) is 15.1. The number of fused-ring (bicyclic) bond motifs is 2. The van der Waals surface area contributed by atoms with Crippen LogP contribution >= 0.6 is 0 Å². The van der Waals surface area contributed by atoms with Crippen molar-refractivity contribution >= 4 is 11.8 Å². The van der Waals surface area contributed by atoms with E-state index in [4.69, 9.17) is 4.42 Å². The third-order valence-corrected chi connectivity index (χ3v) is 7.63. The highest BCUT2D eigenvalue weighted by Gasteiger charge is 2.46. The number of piperazine rings is 1. The zero-order chi connectivity index (χ0) is 21.4. The van der Waals surface area contributed by atoms with Gasteiger partial charge in [-0.2, -0.15) is 0 Å². The SMILES string of the molecule is CN1CCN(C(=O)C[C@H]2CC3(CCN(C(=O)c4ccco4)CC3)c3ccccc32)CC1. The van der Waals surface area contributed by atoms with Crippen molar-refractivity contribution < 1.29 is 14.0 Å². The summed E-state index contributed by atoms with van der Waals surface area (Å²) in [5.41, 5.74) is 2.82. The molecule has 3 aliphatic rings. The van der Waals surface area contributed by atoms with Crippen LogP contribution < -0.4 is 0 Å². The highest BCUT2D eigenvalue weighted by molar-refractivity contribution is 5.91. The number of piperidine rings is 1. The molecule has 6 heteroatoms. The molecule has 1 aromatic carbocycles. The largest absolute Gasteiger partial charge is 0.459 e. The summed E-state index contributed by atoms with van der Waals surface area (Å²) in [6.07, 6.45) is 5.03. The minimum Gasteiger partial charge on any atom is -0.459 e. The van der Waals surface area contributed by atoms with E-state index >= 15 is 0 Å². The van der Waals surface area contributed by atoms with Gasteiger partial charge in [0.25, 0.3) is 5.91 Å². The van der Waals surface area contributed by atoms with Gasteiger partial charge >= 0.3 is 0 Å². The molecule has 1 atom stereocenters. The Kier molecular flexibility index (Phi) is 5.34. The van der Waals surface area contributed by atoms with Crippen LogP contribution in [0.4, 0.5) is 0 Å². The molecule has 2 aliphatic heterocycles. The number of benzene rings is 1. The summed E-state index contributed by atoms with van der Waals surface area (Å²) < 4.78 is 5.31. The number of hydrogen-bond donors (Lipinski definition) is 0. The summed E-state index contributed by atoms with van der Waals surface area (Å²) in [6.45, 7) is 5.03. The second-order valence-corrected chi connectivity index (χ2v) is 9.43. The number of likely N-dealkylation sites (tertiary alicyclic amines) is 1. The zero-order valence-corrected chi connectivity index (χ0v) is 18.3. The molecule has 2 amide bonds. The normalized spacial score (nSPS) is 23.2. The molecular formula is C25H31N3O3. The summed E-state index contributed by atoms with van der Waals surface area (Å²) >= 11 is 0. The quantitative estimate of drug-likeness (QED) is 0.764. The molecule has 1 aromatic heterocycles. The first-order valence-corrected chi connectivity index (χ1v) is 11.4. The van der Waals surface area contributed by atoms with Crippen LogP contribution in [-0.2, 0) is 10.2 Å². The Hall–Kier alpha value is -2.60. The highest BCUT2D eigenvalue weighted by Crippen LogP contribution is 2.52. The Bertz CT molecular complexity index is 939. The average Bonchev–Trinajstić information content (AvgIpc) is 3.43. The van der Waals surface area contributed by atoms with Crippen molar-refractivity contribution in [1.82, 2.24) is 14.7 Å². The third kappa shape index (κ3) is 3.78. The van der Waals surface area contributed by atoms with Gasteiger partial charge in [-0.25, -0.2) is 0 Å². The van der Waals surface area contributed by atoms with Crippen LogP contribution in [0.2, 0.25) is 0 Å².